The normalized spacial score (nSPS) is 28.3. The van der Waals surface area contributed by atoms with E-state index in [2.05, 4.69) is 26.8 Å². The SMILES string of the molecule is Cc1cc(C)nc(N2C[C@H]3COC[C@@H]2CN(C)C3)n1. The van der Waals surface area contributed by atoms with Crippen molar-refractivity contribution < 1.29 is 4.74 Å². The second-order valence-corrected chi connectivity index (χ2v) is 5.88. The Hall–Kier alpha value is -1.20. The molecule has 0 unspecified atom stereocenters. The third-order valence-corrected chi connectivity index (χ3v) is 3.88. The number of nitrogens with zero attached hydrogens (tertiary/aromatic N) is 4. The van der Waals surface area contributed by atoms with Gasteiger partial charge in [-0.2, -0.15) is 0 Å². The molecule has 2 saturated heterocycles. The monoisotopic (exact) mass is 262 g/mol. The number of hydrogen-bond acceptors (Lipinski definition) is 5. The third kappa shape index (κ3) is 2.72. The molecule has 5 heteroatoms. The summed E-state index contributed by atoms with van der Waals surface area (Å²) in [6.45, 7) is 8.80. The highest BCUT2D eigenvalue weighted by Crippen LogP contribution is 2.23. The third-order valence-electron chi connectivity index (χ3n) is 3.88. The van der Waals surface area contributed by atoms with Crippen molar-refractivity contribution in [3.8, 4) is 0 Å². The van der Waals surface area contributed by atoms with Gasteiger partial charge in [0.2, 0.25) is 5.95 Å². The lowest BCUT2D eigenvalue weighted by atomic mass is 10.1. The molecule has 104 valence electrons. The van der Waals surface area contributed by atoms with Gasteiger partial charge in [-0.1, -0.05) is 0 Å². The molecule has 0 radical (unpaired) electrons. The second kappa shape index (κ2) is 5.06. The summed E-state index contributed by atoms with van der Waals surface area (Å²) in [6, 6.07) is 2.38. The van der Waals surface area contributed by atoms with Crippen LogP contribution in [-0.4, -0.2) is 60.8 Å². The Morgan fingerprint density at radius 2 is 1.84 bits per heavy atom. The van der Waals surface area contributed by atoms with Crippen molar-refractivity contribution >= 4 is 5.95 Å². The van der Waals surface area contributed by atoms with Crippen molar-refractivity contribution in [3.63, 3.8) is 0 Å². The molecule has 19 heavy (non-hydrogen) atoms. The molecule has 0 aromatic carbocycles. The summed E-state index contributed by atoms with van der Waals surface area (Å²) >= 11 is 0. The fraction of sp³-hybridized carbons (Fsp3) is 0.714. The standard InChI is InChI=1S/C14H22N4O/c1-10-4-11(2)16-14(15-10)18-6-12-5-17(3)7-13(18)9-19-8-12/h4,12-13H,5-9H2,1-3H3/t12-,13-/m0/s1. The van der Waals surface area contributed by atoms with Gasteiger partial charge in [0.25, 0.3) is 0 Å². The summed E-state index contributed by atoms with van der Waals surface area (Å²) in [5.41, 5.74) is 2.08. The minimum atomic E-state index is 0.360. The fourth-order valence-corrected chi connectivity index (χ4v) is 3.16. The molecule has 2 atom stereocenters. The molecule has 0 amide bonds. The van der Waals surface area contributed by atoms with E-state index in [1.807, 2.05) is 19.9 Å². The number of aromatic nitrogens is 2. The van der Waals surface area contributed by atoms with E-state index in [1.165, 1.54) is 0 Å². The first-order valence-electron chi connectivity index (χ1n) is 6.97. The molecule has 0 aliphatic carbocycles. The lowest BCUT2D eigenvalue weighted by molar-refractivity contribution is 0.0724. The molecular weight excluding hydrogens is 240 g/mol. The van der Waals surface area contributed by atoms with Crippen LogP contribution in [0.5, 0.6) is 0 Å². The van der Waals surface area contributed by atoms with Crippen LogP contribution < -0.4 is 4.90 Å². The van der Waals surface area contributed by atoms with E-state index < -0.39 is 0 Å². The van der Waals surface area contributed by atoms with E-state index in [4.69, 9.17) is 4.74 Å². The maximum absolute atomic E-state index is 5.80. The average Bonchev–Trinajstić information content (AvgIpc) is 2.57. The predicted octanol–water partition coefficient (Wildman–Crippen LogP) is 0.860. The summed E-state index contributed by atoms with van der Waals surface area (Å²) in [5.74, 6) is 1.41. The van der Waals surface area contributed by atoms with Gasteiger partial charge in [-0.3, -0.25) is 0 Å². The van der Waals surface area contributed by atoms with E-state index in [1.54, 1.807) is 0 Å². The molecule has 3 rings (SSSR count). The Kier molecular flexibility index (Phi) is 3.41. The van der Waals surface area contributed by atoms with Crippen LogP contribution in [0, 0.1) is 19.8 Å². The van der Waals surface area contributed by atoms with Crippen LogP contribution in [0.1, 0.15) is 11.4 Å². The lowest BCUT2D eigenvalue weighted by Crippen LogP contribution is -2.43. The molecule has 2 fully saturated rings. The Labute approximate surface area is 114 Å². The summed E-state index contributed by atoms with van der Waals surface area (Å²) in [5, 5.41) is 0. The van der Waals surface area contributed by atoms with Gasteiger partial charge in [0.15, 0.2) is 0 Å². The fourth-order valence-electron chi connectivity index (χ4n) is 3.16. The van der Waals surface area contributed by atoms with Crippen molar-refractivity contribution in [2.24, 2.45) is 5.92 Å². The first-order chi connectivity index (χ1) is 9.11. The number of fused-ring (bicyclic) bond motifs is 3. The van der Waals surface area contributed by atoms with Crippen molar-refractivity contribution in [1.29, 1.82) is 0 Å². The molecule has 2 aliphatic rings. The molecular formula is C14H22N4O. The van der Waals surface area contributed by atoms with Crippen LogP contribution in [0.15, 0.2) is 6.07 Å². The molecule has 0 N–H and O–H groups in total. The van der Waals surface area contributed by atoms with Gasteiger partial charge in [0, 0.05) is 36.9 Å². The van der Waals surface area contributed by atoms with Crippen molar-refractivity contribution in [2.75, 3.05) is 44.8 Å². The summed E-state index contributed by atoms with van der Waals surface area (Å²) < 4.78 is 5.80. The Morgan fingerprint density at radius 1 is 1.11 bits per heavy atom. The number of rotatable bonds is 1. The number of likely N-dealkylation sites (N-methyl/N-ethyl adjacent to an activating group) is 1. The first kappa shape index (κ1) is 12.8. The van der Waals surface area contributed by atoms with Crippen molar-refractivity contribution in [1.82, 2.24) is 14.9 Å². The molecule has 1 aromatic rings. The topological polar surface area (TPSA) is 41.5 Å². The summed E-state index contributed by atoms with van der Waals surface area (Å²) in [6.07, 6.45) is 0. The van der Waals surface area contributed by atoms with E-state index in [0.717, 1.165) is 50.2 Å². The van der Waals surface area contributed by atoms with Crippen LogP contribution in [0.3, 0.4) is 0 Å². The highest BCUT2D eigenvalue weighted by atomic mass is 16.5. The average molecular weight is 262 g/mol. The van der Waals surface area contributed by atoms with Gasteiger partial charge in [0.05, 0.1) is 19.3 Å². The van der Waals surface area contributed by atoms with Gasteiger partial charge in [-0.25, -0.2) is 9.97 Å². The van der Waals surface area contributed by atoms with Crippen LogP contribution in [0.2, 0.25) is 0 Å². The van der Waals surface area contributed by atoms with Crippen molar-refractivity contribution in [2.45, 2.75) is 19.9 Å². The minimum Gasteiger partial charge on any atom is -0.379 e. The van der Waals surface area contributed by atoms with Gasteiger partial charge < -0.3 is 14.5 Å². The largest absolute Gasteiger partial charge is 0.379 e. The van der Waals surface area contributed by atoms with Gasteiger partial charge in [-0.15, -0.1) is 0 Å². The van der Waals surface area contributed by atoms with Gasteiger partial charge in [-0.05, 0) is 27.0 Å². The summed E-state index contributed by atoms with van der Waals surface area (Å²) in [4.78, 5) is 14.0. The van der Waals surface area contributed by atoms with Crippen molar-refractivity contribution in [3.05, 3.63) is 17.5 Å². The Morgan fingerprint density at radius 3 is 2.58 bits per heavy atom. The van der Waals surface area contributed by atoms with Gasteiger partial charge in [0.1, 0.15) is 0 Å². The van der Waals surface area contributed by atoms with E-state index in [-0.39, 0.29) is 0 Å². The quantitative estimate of drug-likeness (QED) is 0.751. The maximum Gasteiger partial charge on any atom is 0.226 e. The van der Waals surface area contributed by atoms with Crippen LogP contribution in [0.25, 0.3) is 0 Å². The second-order valence-electron chi connectivity index (χ2n) is 5.88. The summed E-state index contributed by atoms with van der Waals surface area (Å²) in [7, 11) is 2.19. The van der Waals surface area contributed by atoms with Crippen LogP contribution in [-0.2, 0) is 4.74 Å². The van der Waals surface area contributed by atoms with Crippen LogP contribution in [0.4, 0.5) is 5.95 Å². The molecule has 0 spiro atoms. The molecule has 2 bridgehead atoms. The maximum atomic E-state index is 5.80. The first-order valence-corrected chi connectivity index (χ1v) is 6.97. The minimum absolute atomic E-state index is 0.360. The zero-order valence-corrected chi connectivity index (χ0v) is 12.0. The molecule has 0 saturated carbocycles. The number of ether oxygens (including phenoxy) is 1. The predicted molar refractivity (Wildman–Crippen MR) is 74.4 cm³/mol. The molecule has 1 aromatic heterocycles. The number of aryl methyl sites for hydroxylation is 2. The smallest absolute Gasteiger partial charge is 0.226 e. The number of anilines is 1. The molecule has 5 nitrogen and oxygen atoms in total. The zero-order valence-electron chi connectivity index (χ0n) is 12.0. The van der Waals surface area contributed by atoms with E-state index in [0.29, 0.717) is 12.0 Å². The lowest BCUT2D eigenvalue weighted by Gasteiger charge is -2.29. The van der Waals surface area contributed by atoms with E-state index in [9.17, 15) is 0 Å². The van der Waals surface area contributed by atoms with E-state index >= 15 is 0 Å². The Balaban J connectivity index is 1.94. The molecule has 3 heterocycles. The van der Waals surface area contributed by atoms with Gasteiger partial charge >= 0.3 is 0 Å². The highest BCUT2D eigenvalue weighted by molar-refractivity contribution is 5.35. The molecule has 2 aliphatic heterocycles. The number of hydrogen-bond donors (Lipinski definition) is 0. The zero-order chi connectivity index (χ0) is 13.4. The Bertz CT molecular complexity index is 445. The highest BCUT2D eigenvalue weighted by Gasteiger charge is 2.33. The van der Waals surface area contributed by atoms with Crippen LogP contribution >= 0.6 is 0 Å².